The Morgan fingerprint density at radius 2 is 1.55 bits per heavy atom. The van der Waals surface area contributed by atoms with E-state index in [1.165, 1.54) is 16.7 Å². The number of aryl methyl sites for hydroxylation is 2. The number of nitrogens with zero attached hydrogens (tertiary/aromatic N) is 2. The maximum atomic E-state index is 5.61. The summed E-state index contributed by atoms with van der Waals surface area (Å²) in [7, 11) is 3.32. The van der Waals surface area contributed by atoms with E-state index in [1.807, 2.05) is 4.68 Å². The Balaban J connectivity index is 0.00000242. The molecule has 0 fully saturated rings. The van der Waals surface area contributed by atoms with Crippen molar-refractivity contribution in [2.75, 3.05) is 14.2 Å². The Kier molecular flexibility index (Phi) is 6.25. The molecule has 0 unspecified atom stereocenters. The molecule has 0 radical (unpaired) electrons. The van der Waals surface area contributed by atoms with Crippen LogP contribution >= 0.6 is 0 Å². The predicted octanol–water partition coefficient (Wildman–Crippen LogP) is 4.07. The average Bonchev–Trinajstić information content (AvgIpc) is 2.82. The molecule has 0 N–H and O–H groups in total. The first-order chi connectivity index (χ1) is 9.90. The monoisotopic (exact) mass is 483 g/mol. The van der Waals surface area contributed by atoms with Crippen LogP contribution in [0.15, 0.2) is 12.1 Å². The van der Waals surface area contributed by atoms with Crippen LogP contribution in [-0.4, -0.2) is 24.0 Å². The van der Waals surface area contributed by atoms with Gasteiger partial charge in [0, 0.05) is 21.1 Å². The predicted molar refractivity (Wildman–Crippen MR) is 85.4 cm³/mol. The molecule has 0 bridgehead atoms. The minimum absolute atomic E-state index is 0. The molecular weight excluding hydrogens is 459 g/mol. The van der Waals surface area contributed by atoms with Gasteiger partial charge in [-0.05, 0) is 56.9 Å². The van der Waals surface area contributed by atoms with Crippen LogP contribution in [0, 0.1) is 20.8 Å². The van der Waals surface area contributed by atoms with Crippen LogP contribution in [-0.2, 0) is 21.1 Å². The van der Waals surface area contributed by atoms with Crippen LogP contribution in [0.5, 0.6) is 11.8 Å². The Labute approximate surface area is 147 Å². The van der Waals surface area contributed by atoms with E-state index >= 15 is 0 Å². The van der Waals surface area contributed by atoms with Crippen molar-refractivity contribution >= 4 is 0 Å². The van der Waals surface area contributed by atoms with E-state index in [-0.39, 0.29) is 27.1 Å². The number of benzene rings is 1. The van der Waals surface area contributed by atoms with Gasteiger partial charge in [0.1, 0.15) is 5.56 Å². The third-order valence-electron chi connectivity index (χ3n) is 3.93. The summed E-state index contributed by atoms with van der Waals surface area (Å²) in [5.41, 5.74) is 5.82. The Morgan fingerprint density at radius 3 is 1.95 bits per heavy atom. The fraction of sp³-hybridized carbons (Fsp3) is 0.471. The van der Waals surface area contributed by atoms with E-state index in [0.717, 1.165) is 17.0 Å². The first kappa shape index (κ1) is 18.8. The van der Waals surface area contributed by atoms with Crippen LogP contribution < -0.4 is 9.47 Å². The summed E-state index contributed by atoms with van der Waals surface area (Å²) >= 11 is 0. The van der Waals surface area contributed by atoms with Gasteiger partial charge in [0.15, 0.2) is 0 Å². The van der Waals surface area contributed by atoms with Gasteiger partial charge in [0.25, 0.3) is 0 Å². The average molecular weight is 483 g/mol. The van der Waals surface area contributed by atoms with Gasteiger partial charge in [-0.1, -0.05) is 12.1 Å². The second kappa shape index (κ2) is 7.32. The Morgan fingerprint density at radius 1 is 1.00 bits per heavy atom. The third kappa shape index (κ3) is 3.22. The molecule has 0 aliphatic heterocycles. The zero-order valence-corrected chi connectivity index (χ0v) is 16.5. The molecule has 2 aromatic rings. The van der Waals surface area contributed by atoms with Crippen molar-refractivity contribution in [1.82, 2.24) is 9.78 Å². The molecule has 0 spiro atoms. The van der Waals surface area contributed by atoms with Crippen molar-refractivity contribution in [3.63, 3.8) is 0 Å². The van der Waals surface area contributed by atoms with Crippen molar-refractivity contribution in [2.45, 2.75) is 40.7 Å². The molecule has 0 amide bonds. The van der Waals surface area contributed by atoms with Crippen molar-refractivity contribution in [3.05, 3.63) is 28.8 Å². The molecule has 2 rings (SSSR count). The minimum atomic E-state index is 0. The van der Waals surface area contributed by atoms with Gasteiger partial charge in [-0.25, -0.2) is 4.68 Å². The van der Waals surface area contributed by atoms with Gasteiger partial charge in [0.05, 0.1) is 20.3 Å². The van der Waals surface area contributed by atoms with E-state index < -0.39 is 0 Å². The fourth-order valence-electron chi connectivity index (χ4n) is 2.51. The SMILES string of the molecule is COc1nn(C(C)C)c(OC)c1-c1cc(C)c(C)c(C)c1.[Pt]. The molecule has 0 saturated carbocycles. The summed E-state index contributed by atoms with van der Waals surface area (Å²) in [5, 5.41) is 4.53. The molecule has 4 nitrogen and oxygen atoms in total. The molecule has 0 aliphatic carbocycles. The normalized spacial score (nSPS) is 10.5. The maximum absolute atomic E-state index is 5.61. The first-order valence-corrected chi connectivity index (χ1v) is 7.19. The fourth-order valence-corrected chi connectivity index (χ4v) is 2.51. The molecule has 5 heteroatoms. The van der Waals surface area contributed by atoms with E-state index in [9.17, 15) is 0 Å². The molecule has 0 saturated heterocycles. The van der Waals surface area contributed by atoms with Gasteiger partial charge in [-0.3, -0.25) is 0 Å². The topological polar surface area (TPSA) is 36.3 Å². The summed E-state index contributed by atoms with van der Waals surface area (Å²) in [6.45, 7) is 10.5. The summed E-state index contributed by atoms with van der Waals surface area (Å²) in [6, 6.07) is 4.53. The Bertz CT molecular complexity index is 640. The third-order valence-corrected chi connectivity index (χ3v) is 3.93. The zero-order valence-electron chi connectivity index (χ0n) is 14.3. The number of aromatic nitrogens is 2. The smallest absolute Gasteiger partial charge is 0.244 e. The van der Waals surface area contributed by atoms with Gasteiger partial charge in [-0.2, -0.15) is 0 Å². The molecule has 0 atom stereocenters. The molecular formula is C17H24N2O2Pt. The van der Waals surface area contributed by atoms with E-state index in [0.29, 0.717) is 5.88 Å². The minimum Gasteiger partial charge on any atom is -0.481 e. The second-order valence-corrected chi connectivity index (χ2v) is 5.67. The van der Waals surface area contributed by atoms with Crippen LogP contribution in [0.2, 0.25) is 0 Å². The number of methoxy groups -OCH3 is 2. The van der Waals surface area contributed by atoms with Crippen molar-refractivity contribution in [3.8, 4) is 22.9 Å². The molecule has 1 heterocycles. The van der Waals surface area contributed by atoms with E-state index in [1.54, 1.807) is 14.2 Å². The second-order valence-electron chi connectivity index (χ2n) is 5.67. The van der Waals surface area contributed by atoms with Crippen LogP contribution in [0.1, 0.15) is 36.6 Å². The van der Waals surface area contributed by atoms with Crippen LogP contribution in [0.25, 0.3) is 11.1 Å². The standard InChI is InChI=1S/C17H24N2O2.Pt/c1-10(2)19-17(21-7)15(16(18-19)20-6)14-8-11(3)13(5)12(4)9-14;/h8-10H,1-7H3;. The van der Waals surface area contributed by atoms with Gasteiger partial charge in [-0.15, -0.1) is 5.10 Å². The number of ether oxygens (including phenoxy) is 2. The summed E-state index contributed by atoms with van der Waals surface area (Å²) in [6.07, 6.45) is 0. The number of hydrogen-bond donors (Lipinski definition) is 0. The summed E-state index contributed by atoms with van der Waals surface area (Å²) in [4.78, 5) is 0. The first-order valence-electron chi connectivity index (χ1n) is 7.19. The largest absolute Gasteiger partial charge is 0.481 e. The van der Waals surface area contributed by atoms with Crippen molar-refractivity contribution in [1.29, 1.82) is 0 Å². The van der Waals surface area contributed by atoms with Crippen LogP contribution in [0.3, 0.4) is 0 Å². The summed E-state index contributed by atoms with van der Waals surface area (Å²) < 4.78 is 12.9. The zero-order chi connectivity index (χ0) is 15.7. The molecule has 0 aliphatic rings. The van der Waals surface area contributed by atoms with Gasteiger partial charge in [0.2, 0.25) is 11.8 Å². The van der Waals surface area contributed by atoms with Crippen molar-refractivity contribution < 1.29 is 30.5 Å². The van der Waals surface area contributed by atoms with E-state index in [4.69, 9.17) is 9.47 Å². The quantitative estimate of drug-likeness (QED) is 0.658. The summed E-state index contributed by atoms with van der Waals surface area (Å²) in [5.74, 6) is 1.34. The van der Waals surface area contributed by atoms with Crippen molar-refractivity contribution in [2.24, 2.45) is 0 Å². The molecule has 22 heavy (non-hydrogen) atoms. The molecule has 1 aromatic heterocycles. The van der Waals surface area contributed by atoms with Gasteiger partial charge < -0.3 is 9.47 Å². The van der Waals surface area contributed by atoms with E-state index in [2.05, 4.69) is 51.9 Å². The van der Waals surface area contributed by atoms with Crippen LogP contribution in [0.4, 0.5) is 0 Å². The Hall–Kier alpha value is -1.28. The molecule has 1 aromatic carbocycles. The van der Waals surface area contributed by atoms with Gasteiger partial charge >= 0.3 is 0 Å². The number of rotatable bonds is 4. The molecule has 124 valence electrons. The number of hydrogen-bond acceptors (Lipinski definition) is 3. The maximum Gasteiger partial charge on any atom is 0.244 e.